The number of imide groups is 1. The summed E-state index contributed by atoms with van der Waals surface area (Å²) in [6.45, 7) is 1.65. The van der Waals surface area contributed by atoms with Gasteiger partial charge in [-0.15, -0.1) is 5.06 Å². The number of likely N-dealkylation sites (N-methyl/N-ethyl adjacent to an activating group) is 2. The standard InChI is InChI=1S/C38H34N3O7P/c1-39-13-11-22-16-27-32(19-29(22)39)49(46,26-7-5-4-6-8-26)33-20-30-23(12-14-40(30)2)17-28(33)37(27)36-25(21-42)15-24(18-31(36)47-3)38(45)48-41-34(43)9-10-35(41)44/h4-8,15-21,37H,9-14H2,1-3H3. The molecule has 0 aromatic heterocycles. The van der Waals surface area contributed by atoms with Gasteiger partial charge in [0, 0.05) is 84.4 Å². The van der Waals surface area contributed by atoms with Gasteiger partial charge in [-0.1, -0.05) is 42.5 Å². The summed E-state index contributed by atoms with van der Waals surface area (Å²) in [5.74, 6) is -2.48. The van der Waals surface area contributed by atoms with Crippen LogP contribution in [0.2, 0.25) is 0 Å². The van der Waals surface area contributed by atoms with Crippen molar-refractivity contribution in [2.24, 2.45) is 0 Å². The lowest BCUT2D eigenvalue weighted by atomic mass is 9.80. The van der Waals surface area contributed by atoms with E-state index in [4.69, 9.17) is 9.57 Å². The number of rotatable bonds is 6. The molecule has 0 spiro atoms. The Labute approximate surface area is 283 Å². The van der Waals surface area contributed by atoms with Crippen LogP contribution in [0.1, 0.15) is 67.3 Å². The first-order chi connectivity index (χ1) is 23.6. The van der Waals surface area contributed by atoms with Crippen molar-refractivity contribution in [2.45, 2.75) is 31.6 Å². The average molecular weight is 676 g/mol. The number of ether oxygens (including phenoxy) is 1. The van der Waals surface area contributed by atoms with Gasteiger partial charge in [-0.25, -0.2) is 4.79 Å². The van der Waals surface area contributed by atoms with Gasteiger partial charge in [0.15, 0.2) is 13.4 Å². The van der Waals surface area contributed by atoms with E-state index in [1.54, 1.807) is 0 Å². The van der Waals surface area contributed by atoms with Crippen molar-refractivity contribution in [1.82, 2.24) is 5.06 Å². The van der Waals surface area contributed by atoms with Crippen molar-refractivity contribution in [3.63, 3.8) is 0 Å². The van der Waals surface area contributed by atoms with Crippen LogP contribution in [0.25, 0.3) is 0 Å². The van der Waals surface area contributed by atoms with E-state index < -0.39 is 30.8 Å². The Hall–Kier alpha value is -5.21. The van der Waals surface area contributed by atoms with E-state index >= 15 is 4.57 Å². The summed E-state index contributed by atoms with van der Waals surface area (Å²) in [4.78, 5) is 60.2. The number of fused-ring (bicyclic) bond motifs is 4. The zero-order chi connectivity index (χ0) is 34.2. The molecule has 2 amide bonds. The SMILES string of the molecule is COc1cc(C(=O)ON2C(=O)CCC2=O)cc(C=O)c1C1c2cc3c(cc2P(=O)(c2ccccc2)c2cc4c(cc21)CCN4C)N(C)CC3. The Bertz CT molecular complexity index is 2080. The van der Waals surface area contributed by atoms with Crippen LogP contribution in [0.4, 0.5) is 11.4 Å². The van der Waals surface area contributed by atoms with Gasteiger partial charge in [0.2, 0.25) is 0 Å². The van der Waals surface area contributed by atoms with Crippen molar-refractivity contribution in [2.75, 3.05) is 44.1 Å². The van der Waals surface area contributed by atoms with E-state index in [0.717, 1.165) is 64.9 Å². The van der Waals surface area contributed by atoms with E-state index in [9.17, 15) is 19.2 Å². The molecule has 4 aromatic carbocycles. The van der Waals surface area contributed by atoms with Crippen LogP contribution < -0.4 is 30.5 Å². The summed E-state index contributed by atoms with van der Waals surface area (Å²) in [5, 5.41) is 2.62. The van der Waals surface area contributed by atoms with Crippen molar-refractivity contribution >= 4 is 58.5 Å². The van der Waals surface area contributed by atoms with Gasteiger partial charge in [-0.3, -0.25) is 14.4 Å². The van der Waals surface area contributed by atoms with Crippen LogP contribution in [0.15, 0.2) is 66.7 Å². The maximum atomic E-state index is 16.1. The third-order valence-corrected chi connectivity index (χ3v) is 13.5. The second-order valence-electron chi connectivity index (χ2n) is 13.1. The monoisotopic (exact) mass is 675 g/mol. The first-order valence-electron chi connectivity index (χ1n) is 16.3. The quantitative estimate of drug-likeness (QED) is 0.151. The molecule has 4 aliphatic rings. The Morgan fingerprint density at radius 3 is 1.92 bits per heavy atom. The Morgan fingerprint density at radius 1 is 0.816 bits per heavy atom. The number of nitrogens with zero attached hydrogens (tertiary/aromatic N) is 3. The Morgan fingerprint density at radius 2 is 1.39 bits per heavy atom. The van der Waals surface area contributed by atoms with Gasteiger partial charge in [-0.05, 0) is 59.4 Å². The first-order valence-corrected chi connectivity index (χ1v) is 18.0. The van der Waals surface area contributed by atoms with Crippen molar-refractivity contribution in [3.05, 3.63) is 106 Å². The summed E-state index contributed by atoms with van der Waals surface area (Å²) in [7, 11) is 2.09. The fourth-order valence-electron chi connectivity index (χ4n) is 7.88. The normalized spacial score (nSPS) is 20.6. The molecule has 1 fully saturated rings. The summed E-state index contributed by atoms with van der Waals surface area (Å²) in [5.41, 5.74) is 6.62. The highest BCUT2D eigenvalue weighted by Gasteiger charge is 2.46. The second kappa shape index (κ2) is 11.4. The van der Waals surface area contributed by atoms with Crippen LogP contribution >= 0.6 is 7.14 Å². The topological polar surface area (TPSA) is 114 Å². The van der Waals surface area contributed by atoms with Crippen LogP contribution in [0.5, 0.6) is 5.75 Å². The Balaban J connectivity index is 1.39. The molecule has 0 unspecified atom stereocenters. The molecule has 0 radical (unpaired) electrons. The molecule has 11 heteroatoms. The maximum absolute atomic E-state index is 16.1. The largest absolute Gasteiger partial charge is 0.496 e. The predicted octanol–water partition coefficient (Wildman–Crippen LogP) is 3.85. The zero-order valence-corrected chi connectivity index (χ0v) is 28.3. The van der Waals surface area contributed by atoms with Crippen LogP contribution in [0, 0.1) is 0 Å². The van der Waals surface area contributed by atoms with Crippen LogP contribution in [-0.4, -0.2) is 63.4 Å². The highest BCUT2D eigenvalue weighted by Crippen LogP contribution is 2.56. The van der Waals surface area contributed by atoms with Gasteiger partial charge < -0.3 is 23.9 Å². The van der Waals surface area contributed by atoms with Crippen molar-refractivity contribution in [3.8, 4) is 5.75 Å². The fourth-order valence-corrected chi connectivity index (χ4v) is 11.0. The lowest BCUT2D eigenvalue weighted by molar-refractivity contribution is -0.172. The summed E-state index contributed by atoms with van der Waals surface area (Å²) < 4.78 is 22.0. The lowest BCUT2D eigenvalue weighted by Crippen LogP contribution is -2.37. The van der Waals surface area contributed by atoms with E-state index in [1.807, 2.05) is 44.4 Å². The number of methoxy groups -OCH3 is 1. The third-order valence-electron chi connectivity index (χ3n) is 10.4. The minimum absolute atomic E-state index is 0.0414. The summed E-state index contributed by atoms with van der Waals surface area (Å²) in [6.07, 6.45) is 2.23. The molecule has 8 rings (SSSR count). The number of benzene rings is 4. The smallest absolute Gasteiger partial charge is 0.364 e. The van der Waals surface area contributed by atoms with Crippen LogP contribution in [0.3, 0.4) is 0 Å². The Kier molecular flexibility index (Phi) is 7.26. The molecule has 4 aromatic rings. The first kappa shape index (κ1) is 31.1. The average Bonchev–Trinajstić information content (AvgIpc) is 3.78. The van der Waals surface area contributed by atoms with E-state index in [2.05, 4.69) is 34.1 Å². The van der Waals surface area contributed by atoms with E-state index in [1.165, 1.54) is 19.2 Å². The molecule has 0 atom stereocenters. The molecule has 248 valence electrons. The summed E-state index contributed by atoms with van der Waals surface area (Å²) >= 11 is 0. The van der Waals surface area contributed by atoms with Gasteiger partial charge in [0.05, 0.1) is 12.7 Å². The maximum Gasteiger partial charge on any atom is 0.364 e. The molecule has 4 heterocycles. The number of aldehydes is 1. The van der Waals surface area contributed by atoms with Gasteiger partial charge >= 0.3 is 5.97 Å². The highest BCUT2D eigenvalue weighted by molar-refractivity contribution is 7.85. The number of carbonyl (C=O) groups is 4. The molecule has 0 bridgehead atoms. The minimum Gasteiger partial charge on any atom is -0.496 e. The van der Waals surface area contributed by atoms with Crippen molar-refractivity contribution < 1.29 is 33.3 Å². The van der Waals surface area contributed by atoms with Gasteiger partial charge in [0.1, 0.15) is 5.75 Å². The van der Waals surface area contributed by atoms with E-state index in [-0.39, 0.29) is 29.7 Å². The number of carbonyl (C=O) groups excluding carboxylic acids is 4. The fraction of sp³-hybridized carbons (Fsp3) is 0.263. The molecular formula is C38H34N3O7P. The molecule has 4 aliphatic heterocycles. The number of hydrogen-bond acceptors (Lipinski definition) is 9. The lowest BCUT2D eigenvalue weighted by Gasteiger charge is -2.37. The number of hydroxylamine groups is 2. The number of hydrogen-bond donors (Lipinski definition) is 0. The molecule has 49 heavy (non-hydrogen) atoms. The third kappa shape index (κ3) is 4.65. The van der Waals surface area contributed by atoms with Crippen LogP contribution in [-0.2, 0) is 31.8 Å². The molecular weight excluding hydrogens is 641 g/mol. The van der Waals surface area contributed by atoms with Crippen molar-refractivity contribution in [1.29, 1.82) is 0 Å². The molecule has 10 nitrogen and oxygen atoms in total. The second-order valence-corrected chi connectivity index (χ2v) is 15.8. The molecule has 1 saturated heterocycles. The number of amides is 2. The van der Waals surface area contributed by atoms with Gasteiger partial charge in [0.25, 0.3) is 11.8 Å². The highest BCUT2D eigenvalue weighted by atomic mass is 31.2. The molecule has 0 saturated carbocycles. The molecule has 0 N–H and O–H groups in total. The zero-order valence-electron chi connectivity index (χ0n) is 27.4. The summed E-state index contributed by atoms with van der Waals surface area (Å²) in [6, 6.07) is 20.9. The van der Waals surface area contributed by atoms with E-state index in [0.29, 0.717) is 27.5 Å². The number of anilines is 2. The minimum atomic E-state index is -3.45. The molecule has 0 aliphatic carbocycles. The van der Waals surface area contributed by atoms with Gasteiger partial charge in [-0.2, -0.15) is 0 Å². The predicted molar refractivity (Wildman–Crippen MR) is 186 cm³/mol.